The molecule has 3 rings (SSSR count). The van der Waals surface area contributed by atoms with Crippen LogP contribution in [0.25, 0.3) is 0 Å². The van der Waals surface area contributed by atoms with Gasteiger partial charge in [-0.05, 0) is 25.1 Å². The summed E-state index contributed by atoms with van der Waals surface area (Å²) in [6.45, 7) is 1.72. The molecule has 162 valence electrons. The van der Waals surface area contributed by atoms with Crippen molar-refractivity contribution in [2.75, 3.05) is 5.32 Å². The molecular formula is C19H15ClF3N5O2S. The van der Waals surface area contributed by atoms with Crippen LogP contribution < -0.4 is 16.2 Å². The molecule has 0 radical (unpaired) electrons. The van der Waals surface area contributed by atoms with Crippen LogP contribution in [-0.2, 0) is 6.18 Å². The van der Waals surface area contributed by atoms with Gasteiger partial charge in [0.05, 0.1) is 22.8 Å². The van der Waals surface area contributed by atoms with Gasteiger partial charge < -0.3 is 5.32 Å². The van der Waals surface area contributed by atoms with Crippen molar-refractivity contribution in [3.05, 3.63) is 74.8 Å². The summed E-state index contributed by atoms with van der Waals surface area (Å²) in [5, 5.41) is 2.21. The van der Waals surface area contributed by atoms with Gasteiger partial charge in [0.1, 0.15) is 15.7 Å². The van der Waals surface area contributed by atoms with Crippen LogP contribution in [0, 0.1) is 0 Å². The van der Waals surface area contributed by atoms with Crippen LogP contribution in [-0.4, -0.2) is 21.8 Å². The van der Waals surface area contributed by atoms with Crippen molar-refractivity contribution in [3.63, 3.8) is 0 Å². The molecule has 12 heteroatoms. The van der Waals surface area contributed by atoms with Gasteiger partial charge in [0.25, 0.3) is 11.8 Å². The number of alkyl halides is 3. The third-order valence-electron chi connectivity index (χ3n) is 3.96. The highest BCUT2D eigenvalue weighted by Crippen LogP contribution is 2.35. The fourth-order valence-electron chi connectivity index (χ4n) is 2.39. The van der Waals surface area contributed by atoms with Crippen LogP contribution in [0.1, 0.15) is 43.6 Å². The average molecular weight is 470 g/mol. The van der Waals surface area contributed by atoms with E-state index in [1.807, 2.05) is 0 Å². The van der Waals surface area contributed by atoms with Crippen LogP contribution in [0.2, 0.25) is 5.02 Å². The molecule has 2 amide bonds. The summed E-state index contributed by atoms with van der Waals surface area (Å²) in [5.41, 5.74) is 4.71. The average Bonchev–Trinajstić information content (AvgIpc) is 3.23. The number of benzene rings is 1. The highest BCUT2D eigenvalue weighted by molar-refractivity contribution is 7.13. The summed E-state index contributed by atoms with van der Waals surface area (Å²) >= 11 is 6.54. The first kappa shape index (κ1) is 22.7. The number of hydrogen-bond acceptors (Lipinski definition) is 6. The summed E-state index contributed by atoms with van der Waals surface area (Å²) in [6, 6.07) is 8.80. The first-order chi connectivity index (χ1) is 14.6. The van der Waals surface area contributed by atoms with Crippen LogP contribution in [0.15, 0.2) is 48.8 Å². The SMILES string of the molecule is CC(NNC(=O)c1ccccc1)c1ncc(C(=O)Nc2cc(C(F)(F)F)c(Cl)cn2)s1. The smallest absolute Gasteiger partial charge is 0.306 e. The maximum Gasteiger partial charge on any atom is 0.418 e. The Hall–Kier alpha value is -3.02. The molecular weight excluding hydrogens is 455 g/mol. The van der Waals surface area contributed by atoms with Crippen molar-refractivity contribution < 1.29 is 22.8 Å². The van der Waals surface area contributed by atoms with Crippen molar-refractivity contribution in [1.82, 2.24) is 20.8 Å². The molecule has 3 aromatic rings. The predicted molar refractivity (Wildman–Crippen MR) is 110 cm³/mol. The normalized spacial score (nSPS) is 12.3. The standard InChI is InChI=1S/C19H15ClF3N5O2S/c1-10(27-28-16(29)11-5-3-2-4-6-11)18-25-9-14(31-18)17(30)26-15-7-12(19(21,22)23)13(20)8-24-15/h2-10,27H,1H3,(H,28,29)(H,24,26,30). The number of amides is 2. The summed E-state index contributed by atoms with van der Waals surface area (Å²) in [4.78, 5) is 32.4. The minimum absolute atomic E-state index is 0.156. The summed E-state index contributed by atoms with van der Waals surface area (Å²) in [7, 11) is 0. The zero-order chi connectivity index (χ0) is 22.6. The lowest BCUT2D eigenvalue weighted by Gasteiger charge is -2.12. The first-order valence-corrected chi connectivity index (χ1v) is 9.95. The number of carbonyl (C=O) groups excluding carboxylic acids is 2. The van der Waals surface area contributed by atoms with E-state index in [2.05, 4.69) is 26.1 Å². The zero-order valence-corrected chi connectivity index (χ0v) is 17.4. The van der Waals surface area contributed by atoms with Crippen molar-refractivity contribution in [2.45, 2.75) is 19.1 Å². The van der Waals surface area contributed by atoms with E-state index in [1.165, 1.54) is 6.20 Å². The second-order valence-corrected chi connectivity index (χ2v) is 7.72. The molecule has 2 heterocycles. The monoisotopic (exact) mass is 469 g/mol. The van der Waals surface area contributed by atoms with Gasteiger partial charge in [0, 0.05) is 11.8 Å². The molecule has 0 spiro atoms. The van der Waals surface area contributed by atoms with E-state index in [0.717, 1.165) is 17.5 Å². The number of hydrogen-bond donors (Lipinski definition) is 3. The number of anilines is 1. The summed E-state index contributed by atoms with van der Waals surface area (Å²) in [6.07, 6.45) is -2.57. The van der Waals surface area contributed by atoms with Crippen LogP contribution in [0.4, 0.5) is 19.0 Å². The Morgan fingerprint density at radius 1 is 1.10 bits per heavy atom. The number of rotatable bonds is 6. The first-order valence-electron chi connectivity index (χ1n) is 8.76. The quantitative estimate of drug-likeness (QED) is 0.463. The predicted octanol–water partition coefficient (Wildman–Crippen LogP) is 4.46. The topological polar surface area (TPSA) is 96.0 Å². The highest BCUT2D eigenvalue weighted by Gasteiger charge is 2.34. The van der Waals surface area contributed by atoms with E-state index < -0.39 is 28.7 Å². The Bertz CT molecular complexity index is 1090. The minimum Gasteiger partial charge on any atom is -0.306 e. The lowest BCUT2D eigenvalue weighted by atomic mass is 10.2. The molecule has 0 aliphatic rings. The van der Waals surface area contributed by atoms with Gasteiger partial charge in [-0.2, -0.15) is 13.2 Å². The fourth-order valence-corrected chi connectivity index (χ4v) is 3.42. The Balaban J connectivity index is 1.62. The van der Waals surface area contributed by atoms with E-state index in [4.69, 9.17) is 11.6 Å². The number of aromatic nitrogens is 2. The van der Waals surface area contributed by atoms with Crippen LogP contribution in [0.3, 0.4) is 0 Å². The Morgan fingerprint density at radius 2 is 1.81 bits per heavy atom. The minimum atomic E-state index is -4.68. The highest BCUT2D eigenvalue weighted by atomic mass is 35.5. The van der Waals surface area contributed by atoms with E-state index in [1.54, 1.807) is 37.3 Å². The summed E-state index contributed by atoms with van der Waals surface area (Å²) < 4.78 is 38.8. The Kier molecular flexibility index (Phi) is 6.88. The van der Waals surface area contributed by atoms with Gasteiger partial charge in [0.15, 0.2) is 0 Å². The third-order valence-corrected chi connectivity index (χ3v) is 5.44. The number of pyridine rings is 1. The molecule has 1 aromatic carbocycles. The van der Waals surface area contributed by atoms with Crippen molar-refractivity contribution in [2.24, 2.45) is 0 Å². The van der Waals surface area contributed by atoms with Crippen LogP contribution in [0.5, 0.6) is 0 Å². The van der Waals surface area contributed by atoms with Crippen molar-refractivity contribution in [1.29, 1.82) is 0 Å². The molecule has 2 aromatic heterocycles. The van der Waals surface area contributed by atoms with Gasteiger partial charge in [-0.3, -0.25) is 15.0 Å². The van der Waals surface area contributed by atoms with Gasteiger partial charge in [-0.1, -0.05) is 29.8 Å². The number of halogens is 4. The molecule has 3 N–H and O–H groups in total. The molecule has 1 atom stereocenters. The molecule has 0 bridgehead atoms. The molecule has 31 heavy (non-hydrogen) atoms. The fraction of sp³-hybridized carbons (Fsp3) is 0.158. The molecule has 0 fully saturated rings. The second kappa shape index (κ2) is 9.41. The second-order valence-electron chi connectivity index (χ2n) is 6.25. The largest absolute Gasteiger partial charge is 0.418 e. The Labute approximate surface area is 183 Å². The van der Waals surface area contributed by atoms with Gasteiger partial charge >= 0.3 is 6.18 Å². The molecule has 1 unspecified atom stereocenters. The van der Waals surface area contributed by atoms with E-state index >= 15 is 0 Å². The number of nitrogens with zero attached hydrogens (tertiary/aromatic N) is 2. The van der Waals surface area contributed by atoms with Gasteiger partial charge in [-0.25, -0.2) is 15.4 Å². The number of nitrogens with one attached hydrogen (secondary N) is 3. The van der Waals surface area contributed by atoms with Crippen LogP contribution >= 0.6 is 22.9 Å². The molecule has 0 aliphatic carbocycles. The van der Waals surface area contributed by atoms with E-state index in [-0.39, 0.29) is 16.6 Å². The van der Waals surface area contributed by atoms with Gasteiger partial charge in [-0.15, -0.1) is 11.3 Å². The maximum absolute atomic E-state index is 12.9. The van der Waals surface area contributed by atoms with Crippen molar-refractivity contribution in [3.8, 4) is 0 Å². The number of thiazole rings is 1. The lowest BCUT2D eigenvalue weighted by Crippen LogP contribution is -2.38. The summed E-state index contributed by atoms with van der Waals surface area (Å²) in [5.74, 6) is -1.30. The third kappa shape index (κ3) is 5.78. The van der Waals surface area contributed by atoms with E-state index in [0.29, 0.717) is 16.6 Å². The molecule has 7 nitrogen and oxygen atoms in total. The van der Waals surface area contributed by atoms with E-state index in [9.17, 15) is 22.8 Å². The van der Waals surface area contributed by atoms with Crippen molar-refractivity contribution >= 4 is 40.6 Å². The van der Waals surface area contributed by atoms with Gasteiger partial charge in [0.2, 0.25) is 0 Å². The number of carbonyl (C=O) groups is 2. The maximum atomic E-state index is 12.9. The zero-order valence-electron chi connectivity index (χ0n) is 15.8. The number of hydrazine groups is 1. The molecule has 0 saturated heterocycles. The molecule has 0 saturated carbocycles. The Morgan fingerprint density at radius 3 is 2.48 bits per heavy atom. The molecule has 0 aliphatic heterocycles. The lowest BCUT2D eigenvalue weighted by molar-refractivity contribution is -0.137.